The molecule has 0 saturated heterocycles. The second-order valence-electron chi connectivity index (χ2n) is 3.90. The minimum absolute atomic E-state index is 0.0619. The highest BCUT2D eigenvalue weighted by Crippen LogP contribution is 2.29. The molecule has 0 fully saturated rings. The first-order valence-electron chi connectivity index (χ1n) is 5.54. The zero-order valence-corrected chi connectivity index (χ0v) is 9.98. The molecule has 2 rings (SSSR count). The van der Waals surface area contributed by atoms with Crippen LogP contribution in [0, 0.1) is 0 Å². The summed E-state index contributed by atoms with van der Waals surface area (Å²) < 4.78 is 42.5. The lowest BCUT2D eigenvalue weighted by Gasteiger charge is -2.05. The summed E-state index contributed by atoms with van der Waals surface area (Å²) in [6.45, 7) is 1.84. The van der Waals surface area contributed by atoms with Crippen molar-refractivity contribution in [3.63, 3.8) is 0 Å². The van der Waals surface area contributed by atoms with Crippen LogP contribution in [-0.2, 0) is 6.18 Å². The van der Waals surface area contributed by atoms with E-state index in [-0.39, 0.29) is 17.3 Å². The van der Waals surface area contributed by atoms with E-state index in [1.807, 2.05) is 6.92 Å². The van der Waals surface area contributed by atoms with Crippen molar-refractivity contribution in [2.45, 2.75) is 25.6 Å². The molecule has 102 valence electrons. The minimum Gasteiger partial charge on any atom is -0.337 e. The Morgan fingerprint density at radius 2 is 2.16 bits per heavy atom. The lowest BCUT2D eigenvalue weighted by molar-refractivity contribution is -0.141. The normalized spacial score (nSPS) is 13.5. The van der Waals surface area contributed by atoms with Gasteiger partial charge in [0.25, 0.3) is 0 Å². The molecule has 5 nitrogen and oxygen atoms in total. The number of alkyl halides is 3. The van der Waals surface area contributed by atoms with Crippen LogP contribution < -0.4 is 5.73 Å². The molecule has 1 atom stereocenters. The lowest BCUT2D eigenvalue weighted by Crippen LogP contribution is -2.09. The summed E-state index contributed by atoms with van der Waals surface area (Å²) in [5, 5.41) is 3.62. The maximum atomic E-state index is 12.5. The zero-order chi connectivity index (χ0) is 14.0. The largest absolute Gasteiger partial charge is 0.433 e. The van der Waals surface area contributed by atoms with Crippen molar-refractivity contribution in [3.8, 4) is 11.4 Å². The van der Waals surface area contributed by atoms with E-state index in [0.717, 1.165) is 12.3 Å². The van der Waals surface area contributed by atoms with E-state index in [1.165, 1.54) is 6.07 Å². The quantitative estimate of drug-likeness (QED) is 0.929. The summed E-state index contributed by atoms with van der Waals surface area (Å²) in [7, 11) is 0. The smallest absolute Gasteiger partial charge is 0.337 e. The SMILES string of the molecule is CC[C@H](N)c1nc(-c2ccnc(C(F)(F)F)c2)no1. The van der Waals surface area contributed by atoms with Gasteiger partial charge in [-0.3, -0.25) is 4.98 Å². The van der Waals surface area contributed by atoms with Crippen molar-refractivity contribution in [1.82, 2.24) is 15.1 Å². The first kappa shape index (κ1) is 13.5. The number of nitrogens with two attached hydrogens (primary N) is 1. The van der Waals surface area contributed by atoms with Crippen LogP contribution in [0.4, 0.5) is 13.2 Å². The van der Waals surface area contributed by atoms with Gasteiger partial charge >= 0.3 is 6.18 Å². The summed E-state index contributed by atoms with van der Waals surface area (Å²) >= 11 is 0. The molecule has 0 amide bonds. The summed E-state index contributed by atoms with van der Waals surface area (Å²) in [6.07, 6.45) is -2.87. The molecule has 0 aromatic carbocycles. The van der Waals surface area contributed by atoms with Crippen LogP contribution in [0.25, 0.3) is 11.4 Å². The van der Waals surface area contributed by atoms with Crippen LogP contribution in [0.3, 0.4) is 0 Å². The van der Waals surface area contributed by atoms with Gasteiger partial charge in [-0.25, -0.2) is 0 Å². The Labute approximate surface area is 106 Å². The predicted molar refractivity (Wildman–Crippen MR) is 59.8 cm³/mol. The topological polar surface area (TPSA) is 77.8 Å². The van der Waals surface area contributed by atoms with Crippen molar-refractivity contribution < 1.29 is 17.7 Å². The molecule has 0 aliphatic rings. The van der Waals surface area contributed by atoms with Gasteiger partial charge in [-0.2, -0.15) is 18.2 Å². The van der Waals surface area contributed by atoms with Gasteiger partial charge in [-0.1, -0.05) is 12.1 Å². The van der Waals surface area contributed by atoms with Crippen molar-refractivity contribution in [2.24, 2.45) is 5.73 Å². The van der Waals surface area contributed by atoms with Crippen molar-refractivity contribution in [2.75, 3.05) is 0 Å². The van der Waals surface area contributed by atoms with E-state index in [2.05, 4.69) is 15.1 Å². The Hall–Kier alpha value is -1.96. The zero-order valence-electron chi connectivity index (χ0n) is 9.98. The molecular formula is C11H11F3N4O. The first-order valence-corrected chi connectivity index (χ1v) is 5.54. The molecule has 19 heavy (non-hydrogen) atoms. The van der Waals surface area contributed by atoms with Gasteiger partial charge in [0.2, 0.25) is 11.7 Å². The molecule has 0 bridgehead atoms. The van der Waals surface area contributed by atoms with Gasteiger partial charge < -0.3 is 10.3 Å². The molecule has 0 saturated carbocycles. The van der Waals surface area contributed by atoms with Crippen LogP contribution in [0.2, 0.25) is 0 Å². The molecule has 0 aliphatic heterocycles. The molecule has 0 radical (unpaired) electrons. The molecule has 2 aromatic heterocycles. The summed E-state index contributed by atoms with van der Waals surface area (Å²) in [5.74, 6) is 0.259. The highest BCUT2D eigenvalue weighted by Gasteiger charge is 2.32. The number of rotatable bonds is 3. The number of hydrogen-bond donors (Lipinski definition) is 1. The Kier molecular flexibility index (Phi) is 3.52. The first-order chi connectivity index (χ1) is 8.91. The van der Waals surface area contributed by atoms with Gasteiger partial charge in [0.1, 0.15) is 5.69 Å². The summed E-state index contributed by atoms with van der Waals surface area (Å²) in [6, 6.07) is 1.82. The van der Waals surface area contributed by atoms with Gasteiger partial charge in [-0.15, -0.1) is 0 Å². The van der Waals surface area contributed by atoms with Crippen LogP contribution >= 0.6 is 0 Å². The highest BCUT2D eigenvalue weighted by molar-refractivity contribution is 5.54. The Balaban J connectivity index is 2.34. The number of pyridine rings is 1. The number of hydrogen-bond acceptors (Lipinski definition) is 5. The Bertz CT molecular complexity index is 567. The molecule has 0 unspecified atom stereocenters. The third-order valence-electron chi connectivity index (χ3n) is 2.51. The summed E-state index contributed by atoms with van der Waals surface area (Å²) in [4.78, 5) is 7.23. The fourth-order valence-corrected chi connectivity index (χ4v) is 1.40. The van der Waals surface area contributed by atoms with E-state index in [4.69, 9.17) is 10.3 Å². The number of nitrogens with zero attached hydrogens (tertiary/aromatic N) is 3. The average Bonchev–Trinajstić information content (AvgIpc) is 2.86. The van der Waals surface area contributed by atoms with E-state index < -0.39 is 17.9 Å². The third-order valence-corrected chi connectivity index (χ3v) is 2.51. The van der Waals surface area contributed by atoms with E-state index in [0.29, 0.717) is 6.42 Å². The summed E-state index contributed by atoms with van der Waals surface area (Å²) in [5.41, 5.74) is 4.87. The van der Waals surface area contributed by atoms with Gasteiger partial charge in [0.15, 0.2) is 0 Å². The minimum atomic E-state index is -4.51. The van der Waals surface area contributed by atoms with Gasteiger partial charge in [0.05, 0.1) is 6.04 Å². The second-order valence-corrected chi connectivity index (χ2v) is 3.90. The van der Waals surface area contributed by atoms with Crippen LogP contribution in [0.5, 0.6) is 0 Å². The predicted octanol–water partition coefficient (Wildman–Crippen LogP) is 2.56. The second kappa shape index (κ2) is 4.96. The monoisotopic (exact) mass is 272 g/mol. The number of aromatic nitrogens is 3. The Morgan fingerprint density at radius 1 is 1.42 bits per heavy atom. The molecular weight excluding hydrogens is 261 g/mol. The lowest BCUT2D eigenvalue weighted by atomic mass is 10.2. The van der Waals surface area contributed by atoms with E-state index >= 15 is 0 Å². The van der Waals surface area contributed by atoms with E-state index in [1.54, 1.807) is 0 Å². The maximum absolute atomic E-state index is 12.5. The van der Waals surface area contributed by atoms with Gasteiger partial charge in [0, 0.05) is 11.8 Å². The highest BCUT2D eigenvalue weighted by atomic mass is 19.4. The van der Waals surface area contributed by atoms with E-state index in [9.17, 15) is 13.2 Å². The molecule has 0 aliphatic carbocycles. The van der Waals surface area contributed by atoms with Crippen LogP contribution in [-0.4, -0.2) is 15.1 Å². The van der Waals surface area contributed by atoms with Crippen molar-refractivity contribution in [1.29, 1.82) is 0 Å². The van der Waals surface area contributed by atoms with Crippen molar-refractivity contribution in [3.05, 3.63) is 29.9 Å². The molecule has 0 spiro atoms. The average molecular weight is 272 g/mol. The fraction of sp³-hybridized carbons (Fsp3) is 0.364. The van der Waals surface area contributed by atoms with Crippen LogP contribution in [0.15, 0.2) is 22.9 Å². The fourth-order valence-electron chi connectivity index (χ4n) is 1.40. The van der Waals surface area contributed by atoms with Gasteiger partial charge in [-0.05, 0) is 18.6 Å². The third kappa shape index (κ3) is 2.90. The maximum Gasteiger partial charge on any atom is 0.433 e. The molecule has 2 N–H and O–H groups in total. The molecule has 2 heterocycles. The molecule has 2 aromatic rings. The standard InChI is InChI=1S/C11H11F3N4O/c1-2-7(15)10-17-9(18-19-10)6-3-4-16-8(5-6)11(12,13)14/h3-5,7H,2,15H2,1H3/t7-/m0/s1. The van der Waals surface area contributed by atoms with Crippen LogP contribution in [0.1, 0.15) is 31.0 Å². The van der Waals surface area contributed by atoms with Crippen molar-refractivity contribution >= 4 is 0 Å². The molecule has 8 heteroatoms. The number of halogens is 3. The Morgan fingerprint density at radius 3 is 2.79 bits per heavy atom.